The van der Waals surface area contributed by atoms with Gasteiger partial charge in [0.2, 0.25) is 0 Å². The predicted octanol–water partition coefficient (Wildman–Crippen LogP) is 4.74. The Kier molecular flexibility index (Phi) is 6.33. The Hall–Kier alpha value is -2.73. The molecule has 0 amide bonds. The van der Waals surface area contributed by atoms with E-state index in [0.717, 1.165) is 41.8 Å². The van der Waals surface area contributed by atoms with Crippen molar-refractivity contribution in [1.29, 1.82) is 0 Å². The van der Waals surface area contributed by atoms with Crippen molar-refractivity contribution in [3.8, 4) is 23.3 Å². The van der Waals surface area contributed by atoms with E-state index >= 15 is 0 Å². The van der Waals surface area contributed by atoms with E-state index in [-0.39, 0.29) is 12.0 Å². The van der Waals surface area contributed by atoms with Crippen molar-refractivity contribution in [2.24, 2.45) is 0 Å². The van der Waals surface area contributed by atoms with Gasteiger partial charge >= 0.3 is 0 Å². The third kappa shape index (κ3) is 4.67. The smallest absolute Gasteiger partial charge is 0.161 e. The molecule has 1 saturated carbocycles. The Morgan fingerprint density at radius 1 is 1.12 bits per heavy atom. The van der Waals surface area contributed by atoms with Gasteiger partial charge in [0, 0.05) is 12.0 Å². The van der Waals surface area contributed by atoms with Crippen LogP contribution in [0.5, 0.6) is 11.5 Å². The van der Waals surface area contributed by atoms with E-state index in [4.69, 9.17) is 9.47 Å². The molecule has 3 heteroatoms. The number of carbonyl (C=O) groups is 1. The monoisotopic (exact) mass is 348 g/mol. The van der Waals surface area contributed by atoms with Gasteiger partial charge in [-0.3, -0.25) is 0 Å². The van der Waals surface area contributed by atoms with Crippen molar-refractivity contribution in [3.63, 3.8) is 0 Å². The van der Waals surface area contributed by atoms with E-state index in [1.807, 2.05) is 48.5 Å². The summed E-state index contributed by atoms with van der Waals surface area (Å²) < 4.78 is 11.6. The highest BCUT2D eigenvalue weighted by Crippen LogP contribution is 2.34. The van der Waals surface area contributed by atoms with Crippen LogP contribution in [0.2, 0.25) is 0 Å². The minimum atomic E-state index is -0.162. The zero-order valence-electron chi connectivity index (χ0n) is 15.1. The highest BCUT2D eigenvalue weighted by molar-refractivity contribution is 5.55. The quantitative estimate of drug-likeness (QED) is 0.559. The van der Waals surface area contributed by atoms with Crippen LogP contribution in [-0.4, -0.2) is 19.5 Å². The summed E-state index contributed by atoms with van der Waals surface area (Å²) in [7, 11) is 1.65. The first kappa shape index (κ1) is 18.1. The average molecular weight is 348 g/mol. The van der Waals surface area contributed by atoms with E-state index in [1.54, 1.807) is 7.11 Å². The van der Waals surface area contributed by atoms with Crippen LogP contribution in [0, 0.1) is 11.8 Å². The van der Waals surface area contributed by atoms with Crippen LogP contribution in [-0.2, 0) is 4.79 Å². The van der Waals surface area contributed by atoms with Gasteiger partial charge in [0.05, 0.1) is 19.1 Å². The number of methoxy groups -OCH3 is 1. The molecule has 3 rings (SSSR count). The van der Waals surface area contributed by atoms with Gasteiger partial charge in [-0.2, -0.15) is 0 Å². The first-order valence-electron chi connectivity index (χ1n) is 9.15. The maximum atomic E-state index is 11.2. The maximum Gasteiger partial charge on any atom is 0.161 e. The van der Waals surface area contributed by atoms with Gasteiger partial charge in [-0.15, -0.1) is 0 Å². The summed E-state index contributed by atoms with van der Waals surface area (Å²) in [4.78, 5) is 11.2. The van der Waals surface area contributed by atoms with E-state index in [1.165, 1.54) is 12.8 Å². The van der Waals surface area contributed by atoms with E-state index in [9.17, 15) is 4.79 Å². The fourth-order valence-electron chi connectivity index (χ4n) is 3.25. The number of rotatable bonds is 6. The molecule has 1 atom stereocenters. The molecule has 0 aromatic heterocycles. The molecule has 2 aromatic rings. The Bertz CT molecular complexity index is 780. The normalized spacial score (nSPS) is 15.0. The largest absolute Gasteiger partial charge is 0.493 e. The minimum Gasteiger partial charge on any atom is -0.493 e. The number of carbonyl (C=O) groups excluding carboxylic acids is 1. The number of benzene rings is 2. The molecule has 134 valence electrons. The summed E-state index contributed by atoms with van der Waals surface area (Å²) in [5.74, 6) is 7.71. The van der Waals surface area contributed by atoms with Crippen LogP contribution in [0.4, 0.5) is 0 Å². The summed E-state index contributed by atoms with van der Waals surface area (Å²) in [6.45, 7) is 0. The molecule has 0 bridgehead atoms. The van der Waals surface area contributed by atoms with Gasteiger partial charge in [0.15, 0.2) is 11.5 Å². The fourth-order valence-corrected chi connectivity index (χ4v) is 3.25. The number of ether oxygens (including phenoxy) is 2. The number of hydrogen-bond acceptors (Lipinski definition) is 3. The molecule has 0 N–H and O–H groups in total. The standard InChI is InChI=1S/C23H24O3/c1-25-22-14-13-20(17-23(22)26-21-9-5-6-10-21)19(15-16-24)12-11-18-7-3-2-4-8-18/h2-4,7-8,13-14,16-17,19,21H,5-6,9-10,15H2,1H3. The highest BCUT2D eigenvalue weighted by Gasteiger charge is 2.19. The lowest BCUT2D eigenvalue weighted by Gasteiger charge is -2.18. The fraction of sp³-hybridized carbons (Fsp3) is 0.348. The van der Waals surface area contributed by atoms with Crippen molar-refractivity contribution in [3.05, 3.63) is 59.7 Å². The average Bonchev–Trinajstić information content (AvgIpc) is 3.19. The molecular formula is C23H24O3. The molecule has 0 heterocycles. The molecule has 0 saturated heterocycles. The predicted molar refractivity (Wildman–Crippen MR) is 103 cm³/mol. The van der Waals surface area contributed by atoms with Crippen molar-refractivity contribution < 1.29 is 14.3 Å². The second-order valence-electron chi connectivity index (χ2n) is 6.52. The number of hydrogen-bond donors (Lipinski definition) is 0. The highest BCUT2D eigenvalue weighted by atomic mass is 16.5. The molecule has 1 aliphatic carbocycles. The van der Waals surface area contributed by atoms with Gasteiger partial charge in [0.1, 0.15) is 6.29 Å². The maximum absolute atomic E-state index is 11.2. The Balaban J connectivity index is 1.86. The van der Waals surface area contributed by atoms with Gasteiger partial charge < -0.3 is 14.3 Å². The lowest BCUT2D eigenvalue weighted by Crippen LogP contribution is -2.12. The van der Waals surface area contributed by atoms with Crippen LogP contribution in [0.15, 0.2) is 48.5 Å². The van der Waals surface area contributed by atoms with Crippen molar-refractivity contribution in [2.75, 3.05) is 7.11 Å². The molecule has 1 aliphatic rings. The molecule has 26 heavy (non-hydrogen) atoms. The van der Waals surface area contributed by atoms with Crippen molar-refractivity contribution in [1.82, 2.24) is 0 Å². The summed E-state index contributed by atoms with van der Waals surface area (Å²) in [6, 6.07) is 15.7. The molecule has 0 spiro atoms. The zero-order valence-corrected chi connectivity index (χ0v) is 15.1. The van der Waals surface area contributed by atoms with Crippen molar-refractivity contribution >= 4 is 6.29 Å². The summed E-state index contributed by atoms with van der Waals surface area (Å²) >= 11 is 0. The van der Waals surface area contributed by atoms with Crippen LogP contribution >= 0.6 is 0 Å². The Labute approximate surface area is 155 Å². The molecule has 1 fully saturated rings. The summed E-state index contributed by atoms with van der Waals surface area (Å²) in [5, 5.41) is 0. The van der Waals surface area contributed by atoms with E-state index < -0.39 is 0 Å². The van der Waals surface area contributed by atoms with E-state index in [0.29, 0.717) is 6.42 Å². The Morgan fingerprint density at radius 2 is 1.88 bits per heavy atom. The summed E-state index contributed by atoms with van der Waals surface area (Å²) in [5.41, 5.74) is 1.92. The molecule has 0 radical (unpaired) electrons. The van der Waals surface area contributed by atoms with Crippen LogP contribution in [0.1, 0.15) is 49.1 Å². The lowest BCUT2D eigenvalue weighted by molar-refractivity contribution is -0.107. The molecule has 2 aromatic carbocycles. The SMILES string of the molecule is COc1ccc(C(C#Cc2ccccc2)CC=O)cc1OC1CCCC1. The molecule has 0 aliphatic heterocycles. The zero-order chi connectivity index (χ0) is 18.2. The van der Waals surface area contributed by atoms with Gasteiger partial charge in [0.25, 0.3) is 0 Å². The minimum absolute atomic E-state index is 0.162. The summed E-state index contributed by atoms with van der Waals surface area (Å²) in [6.07, 6.45) is 6.12. The van der Waals surface area contributed by atoms with Gasteiger partial charge in [-0.25, -0.2) is 0 Å². The second kappa shape index (κ2) is 9.10. The second-order valence-corrected chi connectivity index (χ2v) is 6.52. The molecular weight excluding hydrogens is 324 g/mol. The third-order valence-corrected chi connectivity index (χ3v) is 4.68. The Morgan fingerprint density at radius 3 is 2.58 bits per heavy atom. The van der Waals surface area contributed by atoms with Gasteiger partial charge in [-0.05, 0) is 55.5 Å². The first-order chi connectivity index (χ1) is 12.8. The van der Waals surface area contributed by atoms with Crippen LogP contribution < -0.4 is 9.47 Å². The van der Waals surface area contributed by atoms with Gasteiger partial charge in [-0.1, -0.05) is 36.1 Å². The first-order valence-corrected chi connectivity index (χ1v) is 9.15. The van der Waals surface area contributed by atoms with Crippen LogP contribution in [0.25, 0.3) is 0 Å². The molecule has 1 unspecified atom stereocenters. The third-order valence-electron chi connectivity index (χ3n) is 4.68. The molecule has 3 nitrogen and oxygen atoms in total. The lowest BCUT2D eigenvalue weighted by atomic mass is 9.96. The topological polar surface area (TPSA) is 35.5 Å². The van der Waals surface area contributed by atoms with Crippen LogP contribution in [0.3, 0.4) is 0 Å². The number of aldehydes is 1. The van der Waals surface area contributed by atoms with Crippen molar-refractivity contribution in [2.45, 2.75) is 44.1 Å². The van der Waals surface area contributed by atoms with E-state index in [2.05, 4.69) is 11.8 Å².